The Kier molecular flexibility index (Phi) is 3.93. The van der Waals surface area contributed by atoms with Crippen LogP contribution in [0.2, 0.25) is 0 Å². The summed E-state index contributed by atoms with van der Waals surface area (Å²) >= 11 is 0. The molecule has 1 saturated heterocycles. The Morgan fingerprint density at radius 1 is 1.43 bits per heavy atom. The second-order valence-electron chi connectivity index (χ2n) is 6.21. The Morgan fingerprint density at radius 2 is 2.10 bits per heavy atom. The third-order valence-electron chi connectivity index (χ3n) is 3.34. The number of amides is 1. The lowest BCUT2D eigenvalue weighted by Crippen LogP contribution is -2.36. The lowest BCUT2D eigenvalue weighted by atomic mass is 10.1. The molecule has 1 amide bonds. The van der Waals surface area contributed by atoms with Gasteiger partial charge in [0.1, 0.15) is 11.3 Å². The predicted molar refractivity (Wildman–Crippen MR) is 75.1 cm³/mol. The topological polar surface area (TPSA) is 84.7 Å². The second-order valence-corrected chi connectivity index (χ2v) is 6.21. The maximum Gasteiger partial charge on any atom is 0.410 e. The molecule has 0 radical (unpaired) electrons. The van der Waals surface area contributed by atoms with E-state index in [9.17, 15) is 9.59 Å². The zero-order valence-electron chi connectivity index (χ0n) is 12.8. The van der Waals surface area contributed by atoms with Crippen molar-refractivity contribution >= 4 is 12.1 Å². The smallest absolute Gasteiger partial charge is 0.410 e. The largest absolute Gasteiger partial charge is 0.477 e. The fourth-order valence-corrected chi connectivity index (χ4v) is 2.47. The minimum atomic E-state index is -1.03. The van der Waals surface area contributed by atoms with Crippen LogP contribution in [0.3, 0.4) is 0 Å². The quantitative estimate of drug-likeness (QED) is 0.904. The summed E-state index contributed by atoms with van der Waals surface area (Å²) in [4.78, 5) is 24.9. The summed E-state index contributed by atoms with van der Waals surface area (Å²) in [5, 5.41) is 13.3. The van der Waals surface area contributed by atoms with Crippen LogP contribution >= 0.6 is 0 Å². The van der Waals surface area contributed by atoms with Crippen molar-refractivity contribution in [3.8, 4) is 0 Å². The molecule has 2 rings (SSSR count). The van der Waals surface area contributed by atoms with E-state index in [1.54, 1.807) is 11.9 Å². The summed E-state index contributed by atoms with van der Waals surface area (Å²) in [5.74, 6) is -1.03. The number of aromatic nitrogens is 2. The SMILES string of the molecule is Cn1nc([C@H]2CCCN2C(=O)OC(C)(C)C)cc1C(=O)O. The van der Waals surface area contributed by atoms with Gasteiger partial charge < -0.3 is 9.84 Å². The molecular weight excluding hydrogens is 274 g/mol. The molecule has 7 nitrogen and oxygen atoms in total. The van der Waals surface area contributed by atoms with Crippen molar-refractivity contribution in [1.82, 2.24) is 14.7 Å². The van der Waals surface area contributed by atoms with Gasteiger partial charge in [-0.3, -0.25) is 9.58 Å². The first-order valence-electron chi connectivity index (χ1n) is 6.96. The van der Waals surface area contributed by atoms with Crippen LogP contribution in [0.15, 0.2) is 6.07 Å². The number of aromatic carboxylic acids is 1. The molecule has 0 spiro atoms. The molecule has 0 bridgehead atoms. The number of carboxylic acid groups (broad SMARTS) is 1. The molecule has 1 aromatic rings. The number of aryl methyl sites for hydroxylation is 1. The van der Waals surface area contributed by atoms with E-state index in [0.717, 1.165) is 12.8 Å². The summed E-state index contributed by atoms with van der Waals surface area (Å²) in [5.41, 5.74) is 0.153. The molecule has 1 aliphatic rings. The van der Waals surface area contributed by atoms with Crippen LogP contribution in [0.4, 0.5) is 4.79 Å². The summed E-state index contributed by atoms with van der Waals surface area (Å²) in [7, 11) is 1.58. The normalized spacial score (nSPS) is 18.9. The summed E-state index contributed by atoms with van der Waals surface area (Å²) in [6.45, 7) is 6.05. The minimum absolute atomic E-state index is 0.112. The molecular formula is C14H21N3O4. The molecule has 0 aromatic carbocycles. The Bertz CT molecular complexity index is 559. The minimum Gasteiger partial charge on any atom is -0.477 e. The second kappa shape index (κ2) is 5.38. The number of rotatable bonds is 2. The molecule has 21 heavy (non-hydrogen) atoms. The third kappa shape index (κ3) is 3.34. The van der Waals surface area contributed by atoms with Crippen LogP contribution in [0.25, 0.3) is 0 Å². The van der Waals surface area contributed by atoms with Crippen molar-refractivity contribution in [2.24, 2.45) is 7.05 Å². The van der Waals surface area contributed by atoms with Gasteiger partial charge in [-0.05, 0) is 39.7 Å². The van der Waals surface area contributed by atoms with E-state index in [-0.39, 0.29) is 17.8 Å². The van der Waals surface area contributed by atoms with E-state index in [1.165, 1.54) is 10.7 Å². The highest BCUT2D eigenvalue weighted by Crippen LogP contribution is 2.32. The Morgan fingerprint density at radius 3 is 2.62 bits per heavy atom. The van der Waals surface area contributed by atoms with E-state index in [0.29, 0.717) is 12.2 Å². The number of hydrogen-bond donors (Lipinski definition) is 1. The number of ether oxygens (including phenoxy) is 1. The lowest BCUT2D eigenvalue weighted by Gasteiger charge is -2.27. The molecule has 116 valence electrons. The van der Waals surface area contributed by atoms with Crippen molar-refractivity contribution in [1.29, 1.82) is 0 Å². The van der Waals surface area contributed by atoms with E-state index in [2.05, 4.69) is 5.10 Å². The van der Waals surface area contributed by atoms with Gasteiger partial charge in [0.2, 0.25) is 0 Å². The Hall–Kier alpha value is -2.05. The summed E-state index contributed by atoms with van der Waals surface area (Å²) in [6, 6.07) is 1.30. The van der Waals surface area contributed by atoms with Crippen molar-refractivity contribution in [3.63, 3.8) is 0 Å². The van der Waals surface area contributed by atoms with Crippen molar-refractivity contribution in [2.45, 2.75) is 45.3 Å². The van der Waals surface area contributed by atoms with E-state index < -0.39 is 11.6 Å². The van der Waals surface area contributed by atoms with Crippen molar-refractivity contribution in [2.75, 3.05) is 6.54 Å². The fraction of sp³-hybridized carbons (Fsp3) is 0.643. The monoisotopic (exact) mass is 295 g/mol. The van der Waals surface area contributed by atoms with Gasteiger partial charge in [0.15, 0.2) is 0 Å². The Labute approximate surface area is 123 Å². The molecule has 0 saturated carbocycles. The predicted octanol–water partition coefficient (Wildman–Crippen LogP) is 2.19. The van der Waals surface area contributed by atoms with E-state index in [1.807, 2.05) is 20.8 Å². The first-order chi connectivity index (χ1) is 9.69. The van der Waals surface area contributed by atoms with Crippen LogP contribution in [0.5, 0.6) is 0 Å². The maximum absolute atomic E-state index is 12.2. The molecule has 1 aliphatic heterocycles. The average molecular weight is 295 g/mol. The molecule has 1 aromatic heterocycles. The van der Waals surface area contributed by atoms with Crippen LogP contribution in [-0.4, -0.2) is 44.0 Å². The maximum atomic E-state index is 12.2. The van der Waals surface area contributed by atoms with Crippen molar-refractivity contribution < 1.29 is 19.4 Å². The van der Waals surface area contributed by atoms with Gasteiger partial charge in [-0.25, -0.2) is 9.59 Å². The number of carbonyl (C=O) groups excluding carboxylic acids is 1. The van der Waals surface area contributed by atoms with Crippen LogP contribution < -0.4 is 0 Å². The van der Waals surface area contributed by atoms with Gasteiger partial charge >= 0.3 is 12.1 Å². The van der Waals surface area contributed by atoms with Gasteiger partial charge in [0, 0.05) is 13.6 Å². The third-order valence-corrected chi connectivity index (χ3v) is 3.34. The van der Waals surface area contributed by atoms with E-state index in [4.69, 9.17) is 9.84 Å². The average Bonchev–Trinajstić information content (AvgIpc) is 2.91. The van der Waals surface area contributed by atoms with Gasteiger partial charge in [-0.2, -0.15) is 5.10 Å². The lowest BCUT2D eigenvalue weighted by molar-refractivity contribution is 0.0221. The van der Waals surface area contributed by atoms with Crippen LogP contribution in [0, 0.1) is 0 Å². The highest BCUT2D eigenvalue weighted by molar-refractivity contribution is 5.85. The number of carbonyl (C=O) groups is 2. The molecule has 0 unspecified atom stereocenters. The molecule has 1 fully saturated rings. The summed E-state index contributed by atoms with van der Waals surface area (Å²) in [6.07, 6.45) is 1.23. The van der Waals surface area contributed by atoms with Gasteiger partial charge in [-0.15, -0.1) is 0 Å². The van der Waals surface area contributed by atoms with Crippen LogP contribution in [0.1, 0.15) is 55.8 Å². The molecule has 2 heterocycles. The highest BCUT2D eigenvalue weighted by atomic mass is 16.6. The molecule has 1 N–H and O–H groups in total. The molecule has 1 atom stereocenters. The standard InChI is InChI=1S/C14H21N3O4/c1-14(2,3)21-13(20)17-7-5-6-10(17)9-8-11(12(18)19)16(4)15-9/h8,10H,5-7H2,1-4H3,(H,18,19)/t10-/m1/s1. The van der Waals surface area contributed by atoms with E-state index >= 15 is 0 Å². The Balaban J connectivity index is 2.21. The zero-order valence-corrected chi connectivity index (χ0v) is 12.8. The molecule has 7 heteroatoms. The highest BCUT2D eigenvalue weighted by Gasteiger charge is 2.35. The zero-order chi connectivity index (χ0) is 15.8. The van der Waals surface area contributed by atoms with Crippen LogP contribution in [-0.2, 0) is 11.8 Å². The van der Waals surface area contributed by atoms with Gasteiger partial charge in [-0.1, -0.05) is 0 Å². The van der Waals surface area contributed by atoms with Crippen molar-refractivity contribution in [3.05, 3.63) is 17.5 Å². The number of nitrogens with zero attached hydrogens (tertiary/aromatic N) is 3. The first kappa shape index (κ1) is 15.3. The number of likely N-dealkylation sites (tertiary alicyclic amines) is 1. The van der Waals surface area contributed by atoms with Gasteiger partial charge in [0.25, 0.3) is 0 Å². The molecule has 0 aliphatic carbocycles. The first-order valence-corrected chi connectivity index (χ1v) is 6.96. The number of carboxylic acids is 1. The van der Waals surface area contributed by atoms with Gasteiger partial charge in [0.05, 0.1) is 11.7 Å². The summed E-state index contributed by atoms with van der Waals surface area (Å²) < 4.78 is 6.72. The fourth-order valence-electron chi connectivity index (χ4n) is 2.47. The number of hydrogen-bond acceptors (Lipinski definition) is 4.